The molecule has 3 aromatic rings. The monoisotopic (exact) mass is 440 g/mol. The average Bonchev–Trinajstić information content (AvgIpc) is 3.14. The highest BCUT2D eigenvalue weighted by Gasteiger charge is 2.41. The molecule has 3 aromatic carbocycles. The molecule has 0 fully saturated rings. The third-order valence-corrected chi connectivity index (χ3v) is 5.59. The summed E-state index contributed by atoms with van der Waals surface area (Å²) in [5.74, 6) is 0.0902. The van der Waals surface area contributed by atoms with Crippen LogP contribution in [0.2, 0.25) is 0 Å². The molecular formula is C22H15BrF2N2O. The quantitative estimate of drug-likeness (QED) is 0.490. The lowest BCUT2D eigenvalue weighted by Crippen LogP contribution is -2.34. The van der Waals surface area contributed by atoms with E-state index in [9.17, 15) is 8.78 Å². The normalized spacial score (nSPS) is 20.2. The molecule has 2 aliphatic heterocycles. The first-order valence-corrected chi connectivity index (χ1v) is 9.72. The number of fused-ring (bicyclic) bond motifs is 3. The summed E-state index contributed by atoms with van der Waals surface area (Å²) >= 11 is 3.51. The maximum Gasteiger partial charge on any atom is 0.216 e. The maximum absolute atomic E-state index is 14.5. The summed E-state index contributed by atoms with van der Waals surface area (Å²) in [6, 6.07) is 18.6. The third-order valence-electron chi connectivity index (χ3n) is 5.10. The van der Waals surface area contributed by atoms with Crippen molar-refractivity contribution in [1.29, 1.82) is 0 Å². The van der Waals surface area contributed by atoms with E-state index in [1.54, 1.807) is 30.3 Å². The Morgan fingerprint density at radius 1 is 0.964 bits per heavy atom. The zero-order valence-electron chi connectivity index (χ0n) is 14.6. The first kappa shape index (κ1) is 17.4. The van der Waals surface area contributed by atoms with Crippen molar-refractivity contribution in [2.45, 2.75) is 18.7 Å². The predicted molar refractivity (Wildman–Crippen MR) is 106 cm³/mol. The van der Waals surface area contributed by atoms with Crippen LogP contribution in [0.25, 0.3) is 0 Å². The van der Waals surface area contributed by atoms with Crippen molar-refractivity contribution < 1.29 is 13.5 Å². The van der Waals surface area contributed by atoms with Crippen molar-refractivity contribution in [2.24, 2.45) is 5.10 Å². The van der Waals surface area contributed by atoms with Crippen molar-refractivity contribution >= 4 is 21.6 Å². The number of benzene rings is 3. The number of halogens is 3. The van der Waals surface area contributed by atoms with Gasteiger partial charge in [-0.15, -0.1) is 0 Å². The summed E-state index contributed by atoms with van der Waals surface area (Å²) in [5.41, 5.74) is 3.09. The fourth-order valence-electron chi connectivity index (χ4n) is 3.76. The lowest BCUT2D eigenvalue weighted by molar-refractivity contribution is -0.0212. The Hall–Kier alpha value is -2.73. The van der Waals surface area contributed by atoms with Crippen LogP contribution in [0.5, 0.6) is 5.75 Å². The molecule has 2 aliphatic rings. The Balaban J connectivity index is 1.62. The van der Waals surface area contributed by atoms with Crippen LogP contribution in [-0.4, -0.2) is 10.7 Å². The van der Waals surface area contributed by atoms with Crippen molar-refractivity contribution in [3.8, 4) is 5.75 Å². The van der Waals surface area contributed by atoms with E-state index in [4.69, 9.17) is 9.84 Å². The maximum atomic E-state index is 14.5. The fraction of sp³-hybridized carbons (Fsp3) is 0.136. The number of rotatable bonds is 2. The summed E-state index contributed by atoms with van der Waals surface area (Å²) in [6.07, 6.45) is -0.0403. The Morgan fingerprint density at radius 3 is 2.54 bits per heavy atom. The van der Waals surface area contributed by atoms with Crippen LogP contribution in [0.15, 0.2) is 76.3 Å². The molecule has 0 saturated heterocycles. The molecule has 0 saturated carbocycles. The van der Waals surface area contributed by atoms with E-state index >= 15 is 0 Å². The standard InChI is InChI=1S/C22H15BrF2N2O/c23-14-7-10-21-17(11-14)20-12-19(13-5-8-15(24)9-6-13)26-27(20)22(28-21)16-3-1-2-4-18(16)25/h1-11,20,22H,12H2/t20-,22-/m0/s1. The van der Waals surface area contributed by atoms with E-state index in [0.717, 1.165) is 21.3 Å². The summed E-state index contributed by atoms with van der Waals surface area (Å²) in [7, 11) is 0. The predicted octanol–water partition coefficient (Wildman–Crippen LogP) is 5.97. The minimum atomic E-state index is -0.669. The van der Waals surface area contributed by atoms with E-state index in [0.29, 0.717) is 17.7 Å². The van der Waals surface area contributed by atoms with Gasteiger partial charge >= 0.3 is 0 Å². The van der Waals surface area contributed by atoms with Gasteiger partial charge in [0.1, 0.15) is 17.4 Å². The van der Waals surface area contributed by atoms with E-state index in [-0.39, 0.29) is 17.7 Å². The first-order chi connectivity index (χ1) is 13.6. The van der Waals surface area contributed by atoms with Crippen molar-refractivity contribution in [3.63, 3.8) is 0 Å². The van der Waals surface area contributed by atoms with E-state index < -0.39 is 6.23 Å². The Labute approximate surface area is 169 Å². The molecule has 0 amide bonds. The van der Waals surface area contributed by atoms with Gasteiger partial charge in [-0.25, -0.2) is 13.8 Å². The second-order valence-corrected chi connectivity index (χ2v) is 7.74. The summed E-state index contributed by atoms with van der Waals surface area (Å²) < 4.78 is 35.0. The lowest BCUT2D eigenvalue weighted by atomic mass is 9.96. The molecule has 0 aromatic heterocycles. The average molecular weight is 441 g/mol. The molecular weight excluding hydrogens is 426 g/mol. The lowest BCUT2D eigenvalue weighted by Gasteiger charge is -2.38. The smallest absolute Gasteiger partial charge is 0.216 e. The second-order valence-electron chi connectivity index (χ2n) is 6.83. The van der Waals surface area contributed by atoms with Crippen LogP contribution in [0.3, 0.4) is 0 Å². The van der Waals surface area contributed by atoms with E-state index in [2.05, 4.69) is 15.9 Å². The van der Waals surface area contributed by atoms with Gasteiger partial charge in [-0.3, -0.25) is 0 Å². The SMILES string of the molecule is Fc1ccc(C2=NN3[C@@H](C2)c2cc(Br)ccc2O[C@H]3c2ccccc2F)cc1. The molecule has 0 bridgehead atoms. The third kappa shape index (κ3) is 2.88. The fourth-order valence-corrected chi connectivity index (χ4v) is 4.13. The first-order valence-electron chi connectivity index (χ1n) is 8.92. The molecule has 0 aliphatic carbocycles. The Morgan fingerprint density at radius 2 is 1.75 bits per heavy atom. The number of hydrogen-bond acceptors (Lipinski definition) is 3. The van der Waals surface area contributed by atoms with Crippen molar-refractivity contribution in [3.05, 3.63) is 99.5 Å². The highest BCUT2D eigenvalue weighted by atomic mass is 79.9. The van der Waals surface area contributed by atoms with Crippen LogP contribution in [0.4, 0.5) is 8.78 Å². The van der Waals surface area contributed by atoms with Gasteiger partial charge in [-0.1, -0.05) is 46.3 Å². The largest absolute Gasteiger partial charge is 0.464 e. The summed E-state index contributed by atoms with van der Waals surface area (Å²) in [5, 5.41) is 6.57. The van der Waals surface area contributed by atoms with Gasteiger partial charge in [0.2, 0.25) is 6.23 Å². The highest BCUT2D eigenvalue weighted by molar-refractivity contribution is 9.10. The zero-order valence-corrected chi connectivity index (χ0v) is 16.2. The summed E-state index contributed by atoms with van der Waals surface area (Å²) in [4.78, 5) is 0. The minimum absolute atomic E-state index is 0.0918. The van der Waals surface area contributed by atoms with Gasteiger partial charge < -0.3 is 4.74 Å². The zero-order chi connectivity index (χ0) is 19.3. The Kier molecular flexibility index (Phi) is 4.16. The number of hydrogen-bond donors (Lipinski definition) is 0. The number of hydrazone groups is 1. The molecule has 0 radical (unpaired) electrons. The molecule has 2 heterocycles. The highest BCUT2D eigenvalue weighted by Crippen LogP contribution is 2.48. The van der Waals surface area contributed by atoms with Gasteiger partial charge in [-0.2, -0.15) is 5.10 Å². The molecule has 6 heteroatoms. The molecule has 28 heavy (non-hydrogen) atoms. The molecule has 2 atom stereocenters. The van der Waals surface area contributed by atoms with Crippen LogP contribution in [-0.2, 0) is 0 Å². The summed E-state index contributed by atoms with van der Waals surface area (Å²) in [6.45, 7) is 0. The van der Waals surface area contributed by atoms with E-state index in [1.165, 1.54) is 18.2 Å². The topological polar surface area (TPSA) is 24.8 Å². The van der Waals surface area contributed by atoms with E-state index in [1.807, 2.05) is 23.2 Å². The van der Waals surface area contributed by atoms with Crippen LogP contribution >= 0.6 is 15.9 Å². The van der Waals surface area contributed by atoms with Crippen LogP contribution in [0.1, 0.15) is 35.4 Å². The molecule has 140 valence electrons. The molecule has 5 rings (SSSR count). The van der Waals surface area contributed by atoms with Gasteiger partial charge in [0.25, 0.3) is 0 Å². The van der Waals surface area contributed by atoms with Crippen LogP contribution in [0, 0.1) is 11.6 Å². The molecule has 0 spiro atoms. The number of ether oxygens (including phenoxy) is 1. The molecule has 0 N–H and O–H groups in total. The van der Waals surface area contributed by atoms with Gasteiger partial charge in [0.05, 0.1) is 17.3 Å². The number of nitrogens with zero attached hydrogens (tertiary/aromatic N) is 2. The molecule has 0 unspecified atom stereocenters. The second kappa shape index (κ2) is 6.71. The van der Waals surface area contributed by atoms with Gasteiger partial charge in [0, 0.05) is 16.5 Å². The molecule has 3 nitrogen and oxygen atoms in total. The van der Waals surface area contributed by atoms with Crippen molar-refractivity contribution in [2.75, 3.05) is 0 Å². The van der Waals surface area contributed by atoms with Gasteiger partial charge in [0.15, 0.2) is 0 Å². The van der Waals surface area contributed by atoms with Crippen LogP contribution < -0.4 is 4.74 Å². The minimum Gasteiger partial charge on any atom is -0.464 e. The van der Waals surface area contributed by atoms with Gasteiger partial charge in [-0.05, 0) is 42.0 Å². The van der Waals surface area contributed by atoms with Crippen molar-refractivity contribution in [1.82, 2.24) is 5.01 Å². The Bertz CT molecular complexity index is 1080.